The van der Waals surface area contributed by atoms with Crippen molar-refractivity contribution in [3.05, 3.63) is 48.3 Å². The summed E-state index contributed by atoms with van der Waals surface area (Å²) in [7, 11) is 0. The summed E-state index contributed by atoms with van der Waals surface area (Å²) in [5.74, 6) is 0.128. The maximum atomic E-state index is 12.8. The Labute approximate surface area is 125 Å². The summed E-state index contributed by atoms with van der Waals surface area (Å²) in [6.45, 7) is 4.29. The molecule has 0 saturated carbocycles. The lowest BCUT2D eigenvalue weighted by molar-refractivity contribution is 0.0511. The molecule has 0 radical (unpaired) electrons. The molecule has 4 nitrogen and oxygen atoms in total. The second kappa shape index (κ2) is 5.72. The van der Waals surface area contributed by atoms with Crippen LogP contribution in [0.15, 0.2) is 42.7 Å². The third-order valence-electron chi connectivity index (χ3n) is 4.29. The zero-order chi connectivity index (χ0) is 14.8. The molecule has 2 atom stereocenters. The summed E-state index contributed by atoms with van der Waals surface area (Å²) in [6.07, 6.45) is 7.02. The molecule has 2 unspecified atom stereocenters. The van der Waals surface area contributed by atoms with Crippen molar-refractivity contribution >= 4 is 5.91 Å². The van der Waals surface area contributed by atoms with Gasteiger partial charge in [0.05, 0.1) is 5.69 Å². The molecule has 0 aliphatic carbocycles. The van der Waals surface area contributed by atoms with Gasteiger partial charge >= 0.3 is 0 Å². The SMILES string of the molecule is CC1CCCC(C)N1C(=O)c1cccc(-n2cccn2)c1. The lowest BCUT2D eigenvalue weighted by atomic mass is 9.96. The van der Waals surface area contributed by atoms with E-state index in [1.165, 1.54) is 6.42 Å². The fourth-order valence-electron chi connectivity index (χ4n) is 3.17. The van der Waals surface area contributed by atoms with Crippen molar-refractivity contribution in [2.24, 2.45) is 0 Å². The number of amides is 1. The van der Waals surface area contributed by atoms with Gasteiger partial charge < -0.3 is 4.90 Å². The molecule has 1 saturated heterocycles. The third-order valence-corrected chi connectivity index (χ3v) is 4.29. The first-order valence-corrected chi connectivity index (χ1v) is 7.59. The summed E-state index contributed by atoms with van der Waals surface area (Å²) >= 11 is 0. The van der Waals surface area contributed by atoms with Crippen molar-refractivity contribution in [2.45, 2.75) is 45.2 Å². The number of hydrogen-bond acceptors (Lipinski definition) is 2. The van der Waals surface area contributed by atoms with E-state index in [4.69, 9.17) is 0 Å². The summed E-state index contributed by atoms with van der Waals surface area (Å²) in [5, 5.41) is 4.22. The van der Waals surface area contributed by atoms with Crippen LogP contribution < -0.4 is 0 Å². The Hall–Kier alpha value is -2.10. The maximum Gasteiger partial charge on any atom is 0.254 e. The van der Waals surface area contributed by atoms with Crippen molar-refractivity contribution < 1.29 is 4.79 Å². The Kier molecular flexibility index (Phi) is 3.78. The second-order valence-corrected chi connectivity index (χ2v) is 5.84. The van der Waals surface area contributed by atoms with Gasteiger partial charge in [0.2, 0.25) is 0 Å². The Morgan fingerprint density at radius 2 is 1.95 bits per heavy atom. The van der Waals surface area contributed by atoms with Crippen LogP contribution in [-0.2, 0) is 0 Å². The van der Waals surface area contributed by atoms with Crippen LogP contribution in [0.3, 0.4) is 0 Å². The molecule has 4 heteroatoms. The largest absolute Gasteiger partial charge is 0.333 e. The van der Waals surface area contributed by atoms with E-state index in [-0.39, 0.29) is 5.91 Å². The summed E-state index contributed by atoms with van der Waals surface area (Å²) < 4.78 is 1.78. The van der Waals surface area contributed by atoms with Gasteiger partial charge in [0.15, 0.2) is 0 Å². The Morgan fingerprint density at radius 3 is 2.62 bits per heavy atom. The van der Waals surface area contributed by atoms with Crippen LogP contribution in [0, 0.1) is 0 Å². The van der Waals surface area contributed by atoms with Gasteiger partial charge in [-0.05, 0) is 57.4 Å². The molecule has 1 aliphatic rings. The van der Waals surface area contributed by atoms with Gasteiger partial charge in [-0.2, -0.15) is 5.10 Å². The molecular formula is C17H21N3O. The lowest BCUT2D eigenvalue weighted by Crippen LogP contribution is -2.47. The first-order valence-electron chi connectivity index (χ1n) is 7.59. The van der Waals surface area contributed by atoms with E-state index in [2.05, 4.69) is 18.9 Å². The molecule has 1 aromatic heterocycles. The number of aromatic nitrogens is 2. The number of hydrogen-bond donors (Lipinski definition) is 0. The Morgan fingerprint density at radius 1 is 1.19 bits per heavy atom. The number of nitrogens with zero attached hydrogens (tertiary/aromatic N) is 3. The molecule has 110 valence electrons. The molecule has 1 amide bonds. The number of rotatable bonds is 2. The van der Waals surface area contributed by atoms with Gasteiger partial charge in [0.25, 0.3) is 5.91 Å². The average molecular weight is 283 g/mol. The highest BCUT2D eigenvalue weighted by Crippen LogP contribution is 2.25. The van der Waals surface area contributed by atoms with E-state index >= 15 is 0 Å². The highest BCUT2D eigenvalue weighted by Gasteiger charge is 2.29. The topological polar surface area (TPSA) is 38.1 Å². The maximum absolute atomic E-state index is 12.8. The molecule has 3 rings (SSSR count). The number of carbonyl (C=O) groups is 1. The minimum Gasteiger partial charge on any atom is -0.333 e. The van der Waals surface area contributed by atoms with Crippen molar-refractivity contribution in [1.82, 2.24) is 14.7 Å². The highest BCUT2D eigenvalue weighted by atomic mass is 16.2. The molecule has 0 N–H and O–H groups in total. The van der Waals surface area contributed by atoms with E-state index in [1.807, 2.05) is 41.4 Å². The van der Waals surface area contributed by atoms with Gasteiger partial charge in [-0.3, -0.25) is 4.79 Å². The molecule has 1 aliphatic heterocycles. The first-order chi connectivity index (χ1) is 10.2. The van der Waals surface area contributed by atoms with Crippen LogP contribution in [0.25, 0.3) is 5.69 Å². The van der Waals surface area contributed by atoms with Crippen molar-refractivity contribution in [3.8, 4) is 5.69 Å². The van der Waals surface area contributed by atoms with Crippen LogP contribution in [0.5, 0.6) is 0 Å². The predicted octanol–water partition coefficient (Wildman–Crippen LogP) is 3.28. The lowest BCUT2D eigenvalue weighted by Gasteiger charge is -2.39. The minimum atomic E-state index is 0.128. The van der Waals surface area contributed by atoms with E-state index in [0.29, 0.717) is 12.1 Å². The van der Waals surface area contributed by atoms with Crippen LogP contribution in [0.4, 0.5) is 0 Å². The number of carbonyl (C=O) groups excluding carboxylic acids is 1. The summed E-state index contributed by atoms with van der Waals surface area (Å²) in [4.78, 5) is 14.9. The van der Waals surface area contributed by atoms with Gasteiger partial charge in [0.1, 0.15) is 0 Å². The van der Waals surface area contributed by atoms with Crippen molar-refractivity contribution in [2.75, 3.05) is 0 Å². The van der Waals surface area contributed by atoms with E-state index in [0.717, 1.165) is 24.1 Å². The number of likely N-dealkylation sites (tertiary alicyclic amines) is 1. The van der Waals surface area contributed by atoms with Crippen molar-refractivity contribution in [1.29, 1.82) is 0 Å². The van der Waals surface area contributed by atoms with Crippen molar-refractivity contribution in [3.63, 3.8) is 0 Å². The smallest absolute Gasteiger partial charge is 0.254 e. The molecule has 0 spiro atoms. The van der Waals surface area contributed by atoms with E-state index < -0.39 is 0 Å². The molecule has 1 aromatic carbocycles. The third kappa shape index (κ3) is 2.71. The zero-order valence-electron chi connectivity index (χ0n) is 12.6. The summed E-state index contributed by atoms with van der Waals surface area (Å²) in [5.41, 5.74) is 1.66. The molecule has 2 heterocycles. The Bertz CT molecular complexity index is 611. The van der Waals surface area contributed by atoms with E-state index in [9.17, 15) is 4.79 Å². The van der Waals surface area contributed by atoms with E-state index in [1.54, 1.807) is 10.9 Å². The fraction of sp³-hybridized carbons (Fsp3) is 0.412. The van der Waals surface area contributed by atoms with Crippen LogP contribution >= 0.6 is 0 Å². The van der Waals surface area contributed by atoms with Gasteiger partial charge in [-0.25, -0.2) is 4.68 Å². The average Bonchev–Trinajstić information content (AvgIpc) is 3.01. The highest BCUT2D eigenvalue weighted by molar-refractivity contribution is 5.95. The van der Waals surface area contributed by atoms with Gasteiger partial charge in [-0.1, -0.05) is 6.07 Å². The first kappa shape index (κ1) is 13.9. The molecular weight excluding hydrogens is 262 g/mol. The van der Waals surface area contributed by atoms with Crippen LogP contribution in [0.1, 0.15) is 43.5 Å². The number of benzene rings is 1. The zero-order valence-corrected chi connectivity index (χ0v) is 12.6. The van der Waals surface area contributed by atoms with Crippen LogP contribution in [-0.4, -0.2) is 32.7 Å². The molecule has 0 bridgehead atoms. The monoisotopic (exact) mass is 283 g/mol. The predicted molar refractivity (Wildman–Crippen MR) is 82.5 cm³/mol. The summed E-state index contributed by atoms with van der Waals surface area (Å²) in [6, 6.07) is 10.2. The molecule has 21 heavy (non-hydrogen) atoms. The molecule has 1 fully saturated rings. The fourth-order valence-corrected chi connectivity index (χ4v) is 3.17. The normalized spacial score (nSPS) is 22.3. The second-order valence-electron chi connectivity index (χ2n) is 5.84. The number of piperidine rings is 1. The van der Waals surface area contributed by atoms with Crippen LogP contribution in [0.2, 0.25) is 0 Å². The van der Waals surface area contributed by atoms with Gasteiger partial charge in [0, 0.05) is 30.0 Å². The molecule has 2 aromatic rings. The standard InChI is InChI=1S/C17H21N3O/c1-13-6-3-7-14(2)20(13)17(21)15-8-4-9-16(12-15)19-11-5-10-18-19/h4-5,8-14H,3,6-7H2,1-2H3. The Balaban J connectivity index is 1.89. The minimum absolute atomic E-state index is 0.128. The van der Waals surface area contributed by atoms with Gasteiger partial charge in [-0.15, -0.1) is 0 Å². The quantitative estimate of drug-likeness (QED) is 0.848.